The molecule has 2 atom stereocenters. The second kappa shape index (κ2) is 6.78. The van der Waals surface area contributed by atoms with E-state index >= 15 is 0 Å². The Morgan fingerprint density at radius 1 is 1.21 bits per heavy atom. The fourth-order valence-electron chi connectivity index (χ4n) is 7.10. The Kier molecular flexibility index (Phi) is 4.67. The third-order valence-corrected chi connectivity index (χ3v) is 6.99. The standard InChI is InChI=1S/C23H32N2O3/c1-5-28-18-8-6-7-17(19(18)27-4)12-24-25-20(26)23-11-16-9-21(2,14-23)13-22(3,10-16)15-23/h6-8,12,16H,5,9-11,13-15H2,1-4H3,(H,25,26)/b24-12+. The Morgan fingerprint density at radius 3 is 2.54 bits per heavy atom. The minimum Gasteiger partial charge on any atom is -0.492 e. The molecule has 5 nitrogen and oxygen atoms in total. The van der Waals surface area contributed by atoms with Crippen molar-refractivity contribution < 1.29 is 14.3 Å². The zero-order valence-electron chi connectivity index (χ0n) is 17.5. The monoisotopic (exact) mass is 384 g/mol. The summed E-state index contributed by atoms with van der Waals surface area (Å²) in [5.74, 6) is 2.09. The fourth-order valence-corrected chi connectivity index (χ4v) is 7.10. The number of carbonyl (C=O) groups is 1. The van der Waals surface area contributed by atoms with E-state index in [1.165, 1.54) is 19.3 Å². The van der Waals surface area contributed by atoms with Crippen LogP contribution in [0.25, 0.3) is 0 Å². The summed E-state index contributed by atoms with van der Waals surface area (Å²) in [6.07, 6.45) is 8.49. The van der Waals surface area contributed by atoms with E-state index in [0.717, 1.165) is 24.8 Å². The summed E-state index contributed by atoms with van der Waals surface area (Å²) in [4.78, 5) is 13.2. The number of amides is 1. The van der Waals surface area contributed by atoms with Crippen LogP contribution in [0.3, 0.4) is 0 Å². The number of benzene rings is 1. The molecule has 0 aliphatic heterocycles. The quantitative estimate of drug-likeness (QED) is 0.579. The highest BCUT2D eigenvalue weighted by atomic mass is 16.5. The Hall–Kier alpha value is -2.04. The van der Waals surface area contributed by atoms with Crippen LogP contribution < -0.4 is 14.9 Å². The van der Waals surface area contributed by atoms with E-state index in [-0.39, 0.29) is 11.3 Å². The number of hydrogen-bond acceptors (Lipinski definition) is 4. The number of hydrogen-bond donors (Lipinski definition) is 1. The van der Waals surface area contributed by atoms with Crippen LogP contribution in [0.15, 0.2) is 23.3 Å². The van der Waals surface area contributed by atoms with Crippen LogP contribution in [0.2, 0.25) is 0 Å². The van der Waals surface area contributed by atoms with E-state index in [1.54, 1.807) is 13.3 Å². The second-order valence-corrected chi connectivity index (χ2v) is 9.92. The smallest absolute Gasteiger partial charge is 0.246 e. The molecule has 152 valence electrons. The van der Waals surface area contributed by atoms with Crippen molar-refractivity contribution >= 4 is 12.1 Å². The number of methoxy groups -OCH3 is 1. The lowest BCUT2D eigenvalue weighted by atomic mass is 9.40. The van der Waals surface area contributed by atoms with Crippen molar-refractivity contribution in [2.75, 3.05) is 13.7 Å². The van der Waals surface area contributed by atoms with Crippen molar-refractivity contribution in [2.24, 2.45) is 27.3 Å². The molecule has 28 heavy (non-hydrogen) atoms. The summed E-state index contributed by atoms with van der Waals surface area (Å²) in [5, 5.41) is 4.29. The molecule has 2 unspecified atom stereocenters. The van der Waals surface area contributed by atoms with Gasteiger partial charge in [-0.2, -0.15) is 5.10 Å². The van der Waals surface area contributed by atoms with E-state index < -0.39 is 0 Å². The van der Waals surface area contributed by atoms with Gasteiger partial charge in [-0.3, -0.25) is 4.79 Å². The Labute approximate surface area is 167 Å². The third-order valence-electron chi connectivity index (χ3n) is 6.99. The van der Waals surface area contributed by atoms with Gasteiger partial charge >= 0.3 is 0 Å². The van der Waals surface area contributed by atoms with Crippen molar-refractivity contribution in [3.8, 4) is 11.5 Å². The van der Waals surface area contributed by atoms with Crippen molar-refractivity contribution in [1.29, 1.82) is 0 Å². The van der Waals surface area contributed by atoms with Crippen molar-refractivity contribution in [1.82, 2.24) is 5.43 Å². The van der Waals surface area contributed by atoms with Crippen LogP contribution >= 0.6 is 0 Å². The van der Waals surface area contributed by atoms with Crippen LogP contribution in [0.5, 0.6) is 11.5 Å². The summed E-state index contributed by atoms with van der Waals surface area (Å²) in [6, 6.07) is 5.68. The highest BCUT2D eigenvalue weighted by molar-refractivity contribution is 5.88. The molecule has 4 fully saturated rings. The van der Waals surface area contributed by atoms with Gasteiger partial charge < -0.3 is 9.47 Å². The largest absolute Gasteiger partial charge is 0.492 e. The average Bonchev–Trinajstić information content (AvgIpc) is 2.59. The molecule has 4 aliphatic rings. The Morgan fingerprint density at radius 2 is 1.93 bits per heavy atom. The van der Waals surface area contributed by atoms with Crippen LogP contribution in [0.1, 0.15) is 64.9 Å². The number of nitrogens with zero attached hydrogens (tertiary/aromatic N) is 1. The molecule has 0 heterocycles. The molecule has 5 rings (SSSR count). The molecule has 1 N–H and O–H groups in total. The molecule has 4 saturated carbocycles. The number of carbonyl (C=O) groups excluding carboxylic acids is 1. The molecule has 1 aromatic carbocycles. The molecule has 0 aromatic heterocycles. The van der Waals surface area contributed by atoms with Crippen LogP contribution in [0.4, 0.5) is 0 Å². The van der Waals surface area contributed by atoms with Crippen molar-refractivity contribution in [3.63, 3.8) is 0 Å². The van der Waals surface area contributed by atoms with Gasteiger partial charge in [-0.15, -0.1) is 0 Å². The van der Waals surface area contributed by atoms with Gasteiger partial charge in [0.25, 0.3) is 0 Å². The maximum Gasteiger partial charge on any atom is 0.246 e. The molecule has 4 bridgehead atoms. The van der Waals surface area contributed by atoms with E-state index in [2.05, 4.69) is 24.4 Å². The first-order chi connectivity index (χ1) is 13.3. The molecule has 1 aromatic rings. The lowest BCUT2D eigenvalue weighted by Gasteiger charge is -2.64. The van der Waals surface area contributed by atoms with E-state index in [1.807, 2.05) is 25.1 Å². The van der Waals surface area contributed by atoms with E-state index in [0.29, 0.717) is 34.9 Å². The highest BCUT2D eigenvalue weighted by Crippen LogP contribution is 2.69. The maximum atomic E-state index is 13.2. The van der Waals surface area contributed by atoms with Gasteiger partial charge in [0.2, 0.25) is 5.91 Å². The molecular weight excluding hydrogens is 352 g/mol. The maximum absolute atomic E-state index is 13.2. The summed E-state index contributed by atoms with van der Waals surface area (Å²) in [5.41, 5.74) is 4.02. The second-order valence-electron chi connectivity index (χ2n) is 9.92. The Bertz CT molecular complexity index is 785. The van der Waals surface area contributed by atoms with Crippen LogP contribution in [0, 0.1) is 22.2 Å². The molecule has 1 amide bonds. The average molecular weight is 385 g/mol. The van der Waals surface area contributed by atoms with Gasteiger partial charge in [-0.25, -0.2) is 5.43 Å². The SMILES string of the molecule is CCOc1cccc(/C=N/NC(=O)C23CC4CC(C)(CC(C)(C4)C2)C3)c1OC. The van der Waals surface area contributed by atoms with Crippen LogP contribution in [-0.4, -0.2) is 25.8 Å². The fraction of sp³-hybridized carbons (Fsp3) is 0.652. The van der Waals surface area contributed by atoms with Crippen molar-refractivity contribution in [2.45, 2.75) is 59.3 Å². The first-order valence-electron chi connectivity index (χ1n) is 10.4. The Balaban J connectivity index is 1.50. The third kappa shape index (κ3) is 3.29. The van der Waals surface area contributed by atoms with E-state index in [4.69, 9.17) is 9.47 Å². The molecule has 0 radical (unpaired) electrons. The van der Waals surface area contributed by atoms with Gasteiger partial charge in [0.1, 0.15) is 0 Å². The van der Waals surface area contributed by atoms with Crippen molar-refractivity contribution in [3.05, 3.63) is 23.8 Å². The number of hydrazone groups is 1. The number of para-hydroxylation sites is 1. The highest BCUT2D eigenvalue weighted by Gasteiger charge is 2.62. The molecular formula is C23H32N2O3. The normalized spacial score (nSPS) is 35.9. The number of rotatable bonds is 6. The minimum absolute atomic E-state index is 0.0882. The van der Waals surface area contributed by atoms with Crippen LogP contribution in [-0.2, 0) is 4.79 Å². The topological polar surface area (TPSA) is 59.9 Å². The lowest BCUT2D eigenvalue weighted by Crippen LogP contribution is -2.59. The predicted molar refractivity (Wildman–Crippen MR) is 110 cm³/mol. The summed E-state index contributed by atoms with van der Waals surface area (Å²) in [6.45, 7) is 7.26. The van der Waals surface area contributed by atoms with Gasteiger partial charge in [0.05, 0.1) is 25.3 Å². The predicted octanol–water partition coefficient (Wildman–Crippen LogP) is 4.54. The summed E-state index contributed by atoms with van der Waals surface area (Å²) < 4.78 is 11.1. The first-order valence-corrected chi connectivity index (χ1v) is 10.4. The molecule has 0 saturated heterocycles. The summed E-state index contributed by atoms with van der Waals surface area (Å²) >= 11 is 0. The first kappa shape index (κ1) is 19.3. The molecule has 5 heteroatoms. The number of ether oxygens (including phenoxy) is 2. The number of nitrogens with one attached hydrogen (secondary N) is 1. The molecule has 4 aliphatic carbocycles. The molecule has 0 spiro atoms. The van der Waals surface area contributed by atoms with Gasteiger partial charge in [0, 0.05) is 5.56 Å². The van der Waals surface area contributed by atoms with Gasteiger partial charge in [-0.1, -0.05) is 19.9 Å². The lowest BCUT2D eigenvalue weighted by molar-refractivity contribution is -0.170. The zero-order chi connectivity index (χ0) is 20.0. The zero-order valence-corrected chi connectivity index (χ0v) is 17.5. The van der Waals surface area contributed by atoms with E-state index in [9.17, 15) is 4.79 Å². The minimum atomic E-state index is -0.252. The summed E-state index contributed by atoms with van der Waals surface area (Å²) in [7, 11) is 1.62. The van der Waals surface area contributed by atoms with Gasteiger partial charge in [-0.05, 0) is 74.3 Å². The van der Waals surface area contributed by atoms with Gasteiger partial charge in [0.15, 0.2) is 11.5 Å².